The highest BCUT2D eigenvalue weighted by Crippen LogP contribution is 2.40. The van der Waals surface area contributed by atoms with Crippen molar-refractivity contribution < 1.29 is 0 Å². The first-order valence-electron chi connectivity index (χ1n) is 4.62. The van der Waals surface area contributed by atoms with Gasteiger partial charge in [-0.05, 0) is 29.0 Å². The number of rotatable bonds is 4. The first-order chi connectivity index (χ1) is 5.59. The molecule has 1 fully saturated rings. The normalized spacial score (nSPS) is 22.5. The molecule has 0 bridgehead atoms. The summed E-state index contributed by atoms with van der Waals surface area (Å²) in [5, 5.41) is 3.81. The van der Waals surface area contributed by atoms with Crippen LogP contribution in [0.2, 0.25) is 0 Å². The molecule has 0 aliphatic carbocycles. The fraction of sp³-hybridized carbons (Fsp3) is 1.00. The smallest absolute Gasteiger partial charge is 0.0270 e. The molecule has 4 heteroatoms. The molecular formula is C8H20N3P. The van der Waals surface area contributed by atoms with E-state index >= 15 is 0 Å². The summed E-state index contributed by atoms with van der Waals surface area (Å²) in [6.45, 7) is 8.82. The summed E-state index contributed by atoms with van der Waals surface area (Å²) in [5.41, 5.74) is 0. The van der Waals surface area contributed by atoms with Gasteiger partial charge in [-0.3, -0.25) is 5.84 Å². The van der Waals surface area contributed by atoms with Crippen LogP contribution >= 0.6 is 8.73 Å². The summed E-state index contributed by atoms with van der Waals surface area (Å²) < 4.78 is 1.98. The second-order valence-electron chi connectivity index (χ2n) is 3.85. The number of hydrogen-bond acceptors (Lipinski definition) is 3. The van der Waals surface area contributed by atoms with Crippen molar-refractivity contribution in [2.45, 2.75) is 38.4 Å². The van der Waals surface area contributed by atoms with E-state index in [0.717, 1.165) is 21.8 Å². The lowest BCUT2D eigenvalue weighted by atomic mass is 9.99. The van der Waals surface area contributed by atoms with Gasteiger partial charge in [-0.15, -0.1) is 0 Å². The first-order valence-corrected chi connectivity index (χ1v) is 5.57. The zero-order chi connectivity index (χ0) is 9.19. The molecular weight excluding hydrogens is 169 g/mol. The molecule has 0 amide bonds. The van der Waals surface area contributed by atoms with Gasteiger partial charge >= 0.3 is 0 Å². The van der Waals surface area contributed by atoms with Crippen LogP contribution in [0.5, 0.6) is 0 Å². The fourth-order valence-corrected chi connectivity index (χ4v) is 2.61. The molecule has 1 saturated heterocycles. The highest BCUT2D eigenvalue weighted by atomic mass is 31.1. The molecule has 3 N–H and O–H groups in total. The molecule has 0 aromatic carbocycles. The third-order valence-corrected chi connectivity index (χ3v) is 4.48. The Bertz CT molecular complexity index is 140. The molecule has 72 valence electrons. The van der Waals surface area contributed by atoms with Crippen molar-refractivity contribution in [1.82, 2.24) is 10.1 Å². The van der Waals surface area contributed by atoms with Crippen molar-refractivity contribution in [1.29, 1.82) is 0 Å². The van der Waals surface area contributed by atoms with Gasteiger partial charge in [0.05, 0.1) is 0 Å². The SMILES string of the molecule is CCC1(PN(N)C(C)C)CNC1. The minimum atomic E-state index is 0.465. The molecule has 0 aromatic rings. The Morgan fingerprint density at radius 1 is 1.58 bits per heavy atom. The highest BCUT2D eigenvalue weighted by molar-refractivity contribution is 7.37. The number of hydrogen-bond donors (Lipinski definition) is 2. The molecule has 1 atom stereocenters. The van der Waals surface area contributed by atoms with Gasteiger partial charge in [-0.1, -0.05) is 6.92 Å². The highest BCUT2D eigenvalue weighted by Gasteiger charge is 2.36. The van der Waals surface area contributed by atoms with Crippen molar-refractivity contribution in [2.24, 2.45) is 5.84 Å². The number of nitrogens with one attached hydrogen (secondary N) is 1. The fourth-order valence-electron chi connectivity index (χ4n) is 1.24. The lowest BCUT2D eigenvalue weighted by molar-refractivity contribution is 0.337. The van der Waals surface area contributed by atoms with E-state index in [1.54, 1.807) is 0 Å². The summed E-state index contributed by atoms with van der Waals surface area (Å²) >= 11 is 0. The van der Waals surface area contributed by atoms with E-state index in [0.29, 0.717) is 11.2 Å². The van der Waals surface area contributed by atoms with Crippen LogP contribution in [-0.4, -0.2) is 29.1 Å². The molecule has 1 rings (SSSR count). The van der Waals surface area contributed by atoms with Crippen LogP contribution in [0.25, 0.3) is 0 Å². The minimum absolute atomic E-state index is 0.465. The maximum Gasteiger partial charge on any atom is 0.0270 e. The summed E-state index contributed by atoms with van der Waals surface area (Å²) in [6.07, 6.45) is 1.23. The minimum Gasteiger partial charge on any atom is -0.315 e. The Balaban J connectivity index is 2.37. The van der Waals surface area contributed by atoms with Crippen molar-refractivity contribution in [3.8, 4) is 0 Å². The molecule has 12 heavy (non-hydrogen) atoms. The van der Waals surface area contributed by atoms with Gasteiger partial charge in [0.2, 0.25) is 0 Å². The standard InChI is InChI=1S/C8H20N3P/c1-4-8(5-10-6-8)12-11(9)7(2)3/h7,10,12H,4-6,9H2,1-3H3. The summed E-state index contributed by atoms with van der Waals surface area (Å²) in [4.78, 5) is 0. The van der Waals surface area contributed by atoms with E-state index in [4.69, 9.17) is 5.84 Å². The third kappa shape index (κ3) is 2.17. The number of hydrazine groups is 1. The van der Waals surface area contributed by atoms with E-state index in [1.807, 2.05) is 4.78 Å². The third-order valence-electron chi connectivity index (χ3n) is 2.53. The van der Waals surface area contributed by atoms with E-state index in [9.17, 15) is 0 Å². The second-order valence-corrected chi connectivity index (χ2v) is 5.65. The molecule has 0 aromatic heterocycles. The maximum atomic E-state index is 5.91. The van der Waals surface area contributed by atoms with Gasteiger partial charge < -0.3 is 5.32 Å². The predicted octanol–water partition coefficient (Wildman–Crippen LogP) is 0.916. The molecule has 0 radical (unpaired) electrons. The second kappa shape index (κ2) is 4.01. The van der Waals surface area contributed by atoms with Crippen LogP contribution < -0.4 is 11.2 Å². The van der Waals surface area contributed by atoms with Crippen LogP contribution in [0.1, 0.15) is 27.2 Å². The Morgan fingerprint density at radius 2 is 2.17 bits per heavy atom. The largest absolute Gasteiger partial charge is 0.315 e. The van der Waals surface area contributed by atoms with E-state index < -0.39 is 0 Å². The van der Waals surface area contributed by atoms with Crippen molar-refractivity contribution in [2.75, 3.05) is 13.1 Å². The summed E-state index contributed by atoms with van der Waals surface area (Å²) in [7, 11) is 0.766. The van der Waals surface area contributed by atoms with Crippen LogP contribution in [0.4, 0.5) is 0 Å². The summed E-state index contributed by atoms with van der Waals surface area (Å²) in [6, 6.07) is 0.465. The van der Waals surface area contributed by atoms with Crippen molar-refractivity contribution >= 4 is 8.73 Å². The molecule has 0 saturated carbocycles. The lowest BCUT2D eigenvalue weighted by Gasteiger charge is -2.44. The van der Waals surface area contributed by atoms with E-state index in [1.165, 1.54) is 6.42 Å². The zero-order valence-corrected chi connectivity index (χ0v) is 9.22. The number of nitrogens with zero attached hydrogens (tertiary/aromatic N) is 1. The lowest BCUT2D eigenvalue weighted by Crippen LogP contribution is -2.58. The molecule has 0 spiro atoms. The molecule has 1 aliphatic heterocycles. The van der Waals surface area contributed by atoms with Crippen molar-refractivity contribution in [3.05, 3.63) is 0 Å². The quantitative estimate of drug-likeness (QED) is 0.392. The first kappa shape index (κ1) is 10.4. The van der Waals surface area contributed by atoms with Gasteiger partial charge in [0.1, 0.15) is 0 Å². The molecule has 1 aliphatic rings. The van der Waals surface area contributed by atoms with E-state index in [2.05, 4.69) is 26.1 Å². The Kier molecular flexibility index (Phi) is 3.47. The average molecular weight is 189 g/mol. The monoisotopic (exact) mass is 189 g/mol. The average Bonchev–Trinajstić information content (AvgIpc) is 1.96. The topological polar surface area (TPSA) is 41.3 Å². The van der Waals surface area contributed by atoms with Gasteiger partial charge in [0, 0.05) is 24.3 Å². The maximum absolute atomic E-state index is 5.91. The van der Waals surface area contributed by atoms with Crippen LogP contribution in [0.3, 0.4) is 0 Å². The van der Waals surface area contributed by atoms with Crippen LogP contribution in [0, 0.1) is 0 Å². The Labute approximate surface area is 76.9 Å². The molecule has 1 heterocycles. The number of nitrogens with two attached hydrogens (primary N) is 1. The summed E-state index contributed by atoms with van der Waals surface area (Å²) in [5.74, 6) is 5.91. The van der Waals surface area contributed by atoms with Crippen LogP contribution in [-0.2, 0) is 0 Å². The Morgan fingerprint density at radius 3 is 2.42 bits per heavy atom. The van der Waals surface area contributed by atoms with Gasteiger partial charge in [0.15, 0.2) is 0 Å². The van der Waals surface area contributed by atoms with Crippen LogP contribution in [0.15, 0.2) is 0 Å². The predicted molar refractivity (Wildman–Crippen MR) is 55.4 cm³/mol. The Hall–Kier alpha value is 0.310. The zero-order valence-electron chi connectivity index (χ0n) is 8.22. The van der Waals surface area contributed by atoms with Gasteiger partial charge in [-0.25, -0.2) is 4.78 Å². The van der Waals surface area contributed by atoms with Gasteiger partial charge in [0.25, 0.3) is 0 Å². The van der Waals surface area contributed by atoms with Gasteiger partial charge in [-0.2, -0.15) is 0 Å². The molecule has 3 nitrogen and oxygen atoms in total. The molecule has 1 unspecified atom stereocenters. The van der Waals surface area contributed by atoms with E-state index in [-0.39, 0.29) is 0 Å². The van der Waals surface area contributed by atoms with Crippen molar-refractivity contribution in [3.63, 3.8) is 0 Å².